The second-order valence-corrected chi connectivity index (χ2v) is 4.13. The Hall–Kier alpha value is -0.870. The molecular weight excluding hydrogens is 208 g/mol. The number of carboxylic acids is 1. The molecular formula is C12H22O4. The molecule has 0 spiro atoms. The van der Waals surface area contributed by atoms with Crippen LogP contribution < -0.4 is 0 Å². The number of hydrogen-bond donors (Lipinski definition) is 3. The summed E-state index contributed by atoms with van der Waals surface area (Å²) in [5.41, 5.74) is 0. The summed E-state index contributed by atoms with van der Waals surface area (Å²) in [5.74, 6) is -1.05. The number of aliphatic carboxylic acids is 1. The van der Waals surface area contributed by atoms with Gasteiger partial charge in [0.05, 0.1) is 6.10 Å². The van der Waals surface area contributed by atoms with E-state index in [0.29, 0.717) is 0 Å². The van der Waals surface area contributed by atoms with E-state index >= 15 is 0 Å². The van der Waals surface area contributed by atoms with Crippen LogP contribution in [0.25, 0.3) is 0 Å². The fraction of sp³-hybridized carbons (Fsp3) is 0.750. The molecule has 0 aliphatic heterocycles. The van der Waals surface area contributed by atoms with Gasteiger partial charge in [-0.15, -0.1) is 0 Å². The molecule has 3 N–H and O–H groups in total. The van der Waals surface area contributed by atoms with Crippen molar-refractivity contribution in [2.24, 2.45) is 5.92 Å². The van der Waals surface area contributed by atoms with Crippen LogP contribution in [0, 0.1) is 5.92 Å². The Morgan fingerprint density at radius 3 is 2.38 bits per heavy atom. The van der Waals surface area contributed by atoms with Crippen molar-refractivity contribution in [1.29, 1.82) is 0 Å². The minimum absolute atomic E-state index is 0.0137. The molecule has 16 heavy (non-hydrogen) atoms. The van der Waals surface area contributed by atoms with Crippen LogP contribution in [-0.4, -0.2) is 34.0 Å². The van der Waals surface area contributed by atoms with Gasteiger partial charge in [-0.2, -0.15) is 0 Å². The quantitative estimate of drug-likeness (QED) is 0.415. The highest BCUT2D eigenvalue weighted by molar-refractivity contribution is 5.79. The maximum atomic E-state index is 10.3. The first-order valence-corrected chi connectivity index (χ1v) is 5.76. The summed E-state index contributed by atoms with van der Waals surface area (Å²) in [6.07, 6.45) is 6.88. The predicted octanol–water partition coefficient (Wildman–Crippen LogP) is 1.57. The summed E-state index contributed by atoms with van der Waals surface area (Å²) in [7, 11) is 0. The highest BCUT2D eigenvalue weighted by atomic mass is 16.4. The zero-order chi connectivity index (χ0) is 12.4. The summed E-state index contributed by atoms with van der Waals surface area (Å²) >= 11 is 0. The Balaban J connectivity index is 3.59. The highest BCUT2D eigenvalue weighted by Crippen LogP contribution is 2.12. The highest BCUT2D eigenvalue weighted by Gasteiger charge is 2.04. The van der Waals surface area contributed by atoms with Crippen LogP contribution in [0.4, 0.5) is 0 Å². The molecule has 0 rings (SSSR count). The van der Waals surface area contributed by atoms with E-state index in [1.165, 1.54) is 6.08 Å². The number of hydrogen-bond acceptors (Lipinski definition) is 3. The molecule has 4 heteroatoms. The zero-order valence-corrected chi connectivity index (χ0v) is 9.80. The number of carboxylic acid groups (broad SMARTS) is 1. The summed E-state index contributed by atoms with van der Waals surface area (Å²) in [4.78, 5) is 10.3. The van der Waals surface area contributed by atoms with Crippen LogP contribution in [0.3, 0.4) is 0 Å². The summed E-state index contributed by atoms with van der Waals surface area (Å²) in [5, 5.41) is 26.5. The Morgan fingerprint density at radius 2 is 1.88 bits per heavy atom. The van der Waals surface area contributed by atoms with Gasteiger partial charge in [0.15, 0.2) is 0 Å². The molecule has 0 heterocycles. The predicted molar refractivity (Wildman–Crippen MR) is 62.1 cm³/mol. The Morgan fingerprint density at radius 1 is 1.25 bits per heavy atom. The lowest BCUT2D eigenvalue weighted by Gasteiger charge is -2.09. The van der Waals surface area contributed by atoms with E-state index in [1.54, 1.807) is 6.92 Å². The van der Waals surface area contributed by atoms with Crippen LogP contribution in [0.5, 0.6) is 0 Å². The van der Waals surface area contributed by atoms with Crippen molar-refractivity contribution < 1.29 is 20.1 Å². The molecule has 2 atom stereocenters. The molecule has 0 aromatic carbocycles. The monoisotopic (exact) mass is 230 g/mol. The molecule has 0 aliphatic rings. The van der Waals surface area contributed by atoms with Crippen LogP contribution in [0.1, 0.15) is 39.0 Å². The average molecular weight is 230 g/mol. The lowest BCUT2D eigenvalue weighted by Crippen LogP contribution is -2.04. The SMILES string of the molecule is CC(O)CCCCCC(C=CC(=O)O)CO. The maximum absolute atomic E-state index is 10.3. The van der Waals surface area contributed by atoms with E-state index in [2.05, 4.69) is 0 Å². The number of carbonyl (C=O) groups is 1. The minimum atomic E-state index is -0.979. The molecule has 0 amide bonds. The molecule has 0 bridgehead atoms. The van der Waals surface area contributed by atoms with Gasteiger partial charge in [0, 0.05) is 18.6 Å². The fourth-order valence-electron chi connectivity index (χ4n) is 1.49. The van der Waals surface area contributed by atoms with Gasteiger partial charge < -0.3 is 15.3 Å². The largest absolute Gasteiger partial charge is 0.478 e. The number of unbranched alkanes of at least 4 members (excludes halogenated alkanes) is 2. The van der Waals surface area contributed by atoms with Crippen molar-refractivity contribution >= 4 is 5.97 Å². The van der Waals surface area contributed by atoms with Gasteiger partial charge in [0.2, 0.25) is 0 Å². The number of aliphatic hydroxyl groups excluding tert-OH is 2. The fourth-order valence-corrected chi connectivity index (χ4v) is 1.49. The van der Waals surface area contributed by atoms with Crippen molar-refractivity contribution in [3.8, 4) is 0 Å². The van der Waals surface area contributed by atoms with Gasteiger partial charge >= 0.3 is 5.97 Å². The van der Waals surface area contributed by atoms with Crippen molar-refractivity contribution in [2.75, 3.05) is 6.61 Å². The molecule has 0 saturated heterocycles. The molecule has 0 fully saturated rings. The van der Waals surface area contributed by atoms with E-state index in [9.17, 15) is 4.79 Å². The van der Waals surface area contributed by atoms with Gasteiger partial charge in [-0.1, -0.05) is 25.3 Å². The summed E-state index contributed by atoms with van der Waals surface area (Å²) in [6.45, 7) is 1.76. The van der Waals surface area contributed by atoms with Gasteiger partial charge in [0.25, 0.3) is 0 Å². The summed E-state index contributed by atoms with van der Waals surface area (Å²) < 4.78 is 0. The molecule has 0 aromatic rings. The normalized spacial score (nSPS) is 15.2. The van der Waals surface area contributed by atoms with Crippen molar-refractivity contribution in [2.45, 2.75) is 45.1 Å². The smallest absolute Gasteiger partial charge is 0.327 e. The van der Waals surface area contributed by atoms with Crippen LogP contribution in [0.15, 0.2) is 12.2 Å². The molecule has 94 valence electrons. The van der Waals surface area contributed by atoms with E-state index in [0.717, 1.165) is 38.2 Å². The molecule has 0 saturated carbocycles. The first-order valence-electron chi connectivity index (χ1n) is 5.76. The number of aliphatic hydroxyl groups is 2. The first kappa shape index (κ1) is 15.1. The third-order valence-corrected chi connectivity index (χ3v) is 2.44. The lowest BCUT2D eigenvalue weighted by atomic mass is 10.0. The topological polar surface area (TPSA) is 77.8 Å². The van der Waals surface area contributed by atoms with Gasteiger partial charge in [0.1, 0.15) is 0 Å². The van der Waals surface area contributed by atoms with Crippen molar-refractivity contribution in [1.82, 2.24) is 0 Å². The third kappa shape index (κ3) is 9.68. The van der Waals surface area contributed by atoms with Crippen LogP contribution >= 0.6 is 0 Å². The Labute approximate surface area is 96.6 Å². The van der Waals surface area contributed by atoms with Crippen LogP contribution in [0.2, 0.25) is 0 Å². The van der Waals surface area contributed by atoms with E-state index in [-0.39, 0.29) is 18.6 Å². The average Bonchev–Trinajstić information content (AvgIpc) is 2.21. The Bertz CT molecular complexity index is 211. The molecule has 0 aliphatic carbocycles. The lowest BCUT2D eigenvalue weighted by molar-refractivity contribution is -0.131. The van der Waals surface area contributed by atoms with Gasteiger partial charge in [-0.05, 0) is 19.8 Å². The van der Waals surface area contributed by atoms with E-state index < -0.39 is 5.97 Å². The second kappa shape index (κ2) is 9.36. The zero-order valence-electron chi connectivity index (χ0n) is 9.80. The Kier molecular flexibility index (Phi) is 8.85. The molecule has 0 radical (unpaired) electrons. The van der Waals surface area contributed by atoms with E-state index in [4.69, 9.17) is 15.3 Å². The van der Waals surface area contributed by atoms with Crippen molar-refractivity contribution in [3.63, 3.8) is 0 Å². The second-order valence-electron chi connectivity index (χ2n) is 4.13. The van der Waals surface area contributed by atoms with Gasteiger partial charge in [-0.25, -0.2) is 4.79 Å². The molecule has 0 aromatic heterocycles. The van der Waals surface area contributed by atoms with Gasteiger partial charge in [-0.3, -0.25) is 0 Å². The van der Waals surface area contributed by atoms with Crippen molar-refractivity contribution in [3.05, 3.63) is 12.2 Å². The number of rotatable bonds is 9. The van der Waals surface area contributed by atoms with Crippen LogP contribution in [-0.2, 0) is 4.79 Å². The molecule has 4 nitrogen and oxygen atoms in total. The summed E-state index contributed by atoms with van der Waals surface area (Å²) in [6, 6.07) is 0. The maximum Gasteiger partial charge on any atom is 0.327 e. The minimum Gasteiger partial charge on any atom is -0.478 e. The standard InChI is InChI=1S/C12H22O4/c1-10(14)5-3-2-4-6-11(9-13)7-8-12(15)16/h7-8,10-11,13-14H,2-6,9H2,1H3,(H,15,16). The van der Waals surface area contributed by atoms with E-state index in [1.807, 2.05) is 0 Å². The molecule has 2 unspecified atom stereocenters. The first-order chi connectivity index (χ1) is 7.56. The third-order valence-electron chi connectivity index (χ3n) is 2.44.